The second kappa shape index (κ2) is 6.73. The van der Waals surface area contributed by atoms with Gasteiger partial charge in [0.05, 0.1) is 17.1 Å². The van der Waals surface area contributed by atoms with Gasteiger partial charge in [0.25, 0.3) is 0 Å². The molecule has 1 aromatic rings. The van der Waals surface area contributed by atoms with E-state index < -0.39 is 0 Å². The first kappa shape index (κ1) is 14.1. The Bertz CT molecular complexity index is 343. The van der Waals surface area contributed by atoms with Crippen LogP contribution >= 0.6 is 0 Å². The zero-order valence-corrected chi connectivity index (χ0v) is 12.0. The maximum absolute atomic E-state index is 4.79. The molecule has 96 valence electrons. The normalized spacial score (nSPS) is 11.5. The fourth-order valence-corrected chi connectivity index (χ4v) is 2.00. The van der Waals surface area contributed by atoms with E-state index in [9.17, 15) is 0 Å². The summed E-state index contributed by atoms with van der Waals surface area (Å²) in [6.45, 7) is 11.1. The largest absolute Gasteiger partial charge is 0.257 e. The number of hydrogen-bond donors (Lipinski definition) is 0. The van der Waals surface area contributed by atoms with Crippen LogP contribution in [0.3, 0.4) is 0 Å². The summed E-state index contributed by atoms with van der Waals surface area (Å²) in [5, 5.41) is 0. The lowest BCUT2D eigenvalue weighted by molar-refractivity contribution is 0.606. The Hall–Kier alpha value is -0.920. The third-order valence-electron chi connectivity index (χ3n) is 2.69. The predicted octanol–water partition coefficient (Wildman–Crippen LogP) is 3.83. The van der Waals surface area contributed by atoms with Gasteiger partial charge in [0.15, 0.2) is 0 Å². The Labute approximate surface area is 106 Å². The molecule has 0 bridgehead atoms. The van der Waals surface area contributed by atoms with Gasteiger partial charge in [-0.2, -0.15) is 0 Å². The first-order chi connectivity index (χ1) is 8.02. The third-order valence-corrected chi connectivity index (χ3v) is 2.69. The second-order valence-electron chi connectivity index (χ2n) is 5.70. The van der Waals surface area contributed by atoms with Gasteiger partial charge in [-0.25, -0.2) is 0 Å². The molecule has 1 aromatic heterocycles. The van der Waals surface area contributed by atoms with Gasteiger partial charge in [-0.05, 0) is 31.1 Å². The monoisotopic (exact) mass is 234 g/mol. The van der Waals surface area contributed by atoms with E-state index >= 15 is 0 Å². The molecule has 0 aliphatic rings. The molecule has 0 atom stereocenters. The molecule has 0 amide bonds. The van der Waals surface area contributed by atoms with Crippen LogP contribution in [0.1, 0.15) is 58.1 Å². The number of aryl methyl sites for hydroxylation is 1. The Morgan fingerprint density at radius 3 is 2.18 bits per heavy atom. The van der Waals surface area contributed by atoms with Gasteiger partial charge in [-0.1, -0.05) is 41.0 Å². The number of rotatable bonds is 6. The van der Waals surface area contributed by atoms with Gasteiger partial charge in [0.2, 0.25) is 0 Å². The smallest absolute Gasteiger partial charge is 0.0622 e. The molecule has 0 radical (unpaired) electrons. The van der Waals surface area contributed by atoms with E-state index in [1.807, 2.05) is 6.20 Å². The van der Waals surface area contributed by atoms with Crippen molar-refractivity contribution in [1.82, 2.24) is 9.97 Å². The number of hydrogen-bond acceptors (Lipinski definition) is 2. The van der Waals surface area contributed by atoms with Crippen LogP contribution in [-0.2, 0) is 19.3 Å². The molecule has 2 nitrogen and oxygen atoms in total. The summed E-state index contributed by atoms with van der Waals surface area (Å²) in [7, 11) is 0. The van der Waals surface area contributed by atoms with Crippen molar-refractivity contribution in [2.75, 3.05) is 0 Å². The summed E-state index contributed by atoms with van der Waals surface area (Å²) in [5.41, 5.74) is 3.57. The first-order valence-corrected chi connectivity index (χ1v) is 6.86. The van der Waals surface area contributed by atoms with Crippen molar-refractivity contribution in [3.05, 3.63) is 23.3 Å². The molecular formula is C15H26N2. The molecular weight excluding hydrogens is 208 g/mol. The summed E-state index contributed by atoms with van der Waals surface area (Å²) >= 11 is 0. The van der Waals surface area contributed by atoms with Gasteiger partial charge in [-0.15, -0.1) is 0 Å². The lowest BCUT2D eigenvalue weighted by Gasteiger charge is -2.12. The fraction of sp³-hybridized carbons (Fsp3) is 0.733. The van der Waals surface area contributed by atoms with Crippen LogP contribution in [0.2, 0.25) is 0 Å². The van der Waals surface area contributed by atoms with Crippen LogP contribution in [-0.4, -0.2) is 9.97 Å². The van der Waals surface area contributed by atoms with Gasteiger partial charge in [-0.3, -0.25) is 9.97 Å². The standard InChI is InChI=1S/C15H26N2/c1-6-7-14-15(9-12(4)5)16-10-13(17-14)8-11(2)3/h10-12H,6-9H2,1-5H3. The SMILES string of the molecule is CCCc1nc(CC(C)C)cnc1CC(C)C. The molecule has 0 fully saturated rings. The summed E-state index contributed by atoms with van der Waals surface area (Å²) in [4.78, 5) is 9.42. The number of nitrogens with zero attached hydrogens (tertiary/aromatic N) is 2. The second-order valence-corrected chi connectivity index (χ2v) is 5.70. The summed E-state index contributed by atoms with van der Waals surface area (Å²) in [6, 6.07) is 0. The van der Waals surface area contributed by atoms with Crippen molar-refractivity contribution in [3.63, 3.8) is 0 Å². The molecule has 0 saturated carbocycles. The van der Waals surface area contributed by atoms with E-state index in [0.29, 0.717) is 11.8 Å². The maximum Gasteiger partial charge on any atom is 0.0622 e. The van der Waals surface area contributed by atoms with Crippen molar-refractivity contribution in [2.24, 2.45) is 11.8 Å². The van der Waals surface area contributed by atoms with Crippen LogP contribution < -0.4 is 0 Å². The van der Waals surface area contributed by atoms with Crippen LogP contribution in [0, 0.1) is 11.8 Å². The van der Waals surface area contributed by atoms with Crippen LogP contribution in [0.15, 0.2) is 6.20 Å². The quantitative estimate of drug-likeness (QED) is 0.747. The summed E-state index contributed by atoms with van der Waals surface area (Å²) < 4.78 is 0. The van der Waals surface area contributed by atoms with Crippen molar-refractivity contribution < 1.29 is 0 Å². The van der Waals surface area contributed by atoms with E-state index in [2.05, 4.69) is 39.6 Å². The fourth-order valence-electron chi connectivity index (χ4n) is 2.00. The van der Waals surface area contributed by atoms with Crippen molar-refractivity contribution in [1.29, 1.82) is 0 Å². The van der Waals surface area contributed by atoms with Crippen molar-refractivity contribution in [2.45, 2.75) is 60.3 Å². The average molecular weight is 234 g/mol. The lowest BCUT2D eigenvalue weighted by atomic mass is 10.0. The van der Waals surface area contributed by atoms with Crippen LogP contribution in [0.5, 0.6) is 0 Å². The van der Waals surface area contributed by atoms with Gasteiger partial charge >= 0.3 is 0 Å². The molecule has 1 rings (SSSR count). The molecule has 2 heteroatoms. The highest BCUT2D eigenvalue weighted by Crippen LogP contribution is 2.14. The molecule has 17 heavy (non-hydrogen) atoms. The highest BCUT2D eigenvalue weighted by Gasteiger charge is 2.09. The van der Waals surface area contributed by atoms with E-state index in [4.69, 9.17) is 4.98 Å². The zero-order valence-electron chi connectivity index (χ0n) is 12.0. The van der Waals surface area contributed by atoms with Crippen LogP contribution in [0.25, 0.3) is 0 Å². The Balaban J connectivity index is 2.90. The molecule has 0 aliphatic carbocycles. The Morgan fingerprint density at radius 1 is 1.00 bits per heavy atom. The molecule has 0 aliphatic heterocycles. The summed E-state index contributed by atoms with van der Waals surface area (Å²) in [5.74, 6) is 1.30. The predicted molar refractivity (Wildman–Crippen MR) is 73.1 cm³/mol. The van der Waals surface area contributed by atoms with Crippen molar-refractivity contribution in [3.8, 4) is 0 Å². The van der Waals surface area contributed by atoms with Crippen LogP contribution in [0.4, 0.5) is 0 Å². The van der Waals surface area contributed by atoms with E-state index in [1.165, 1.54) is 11.4 Å². The maximum atomic E-state index is 4.79. The third kappa shape index (κ3) is 4.84. The topological polar surface area (TPSA) is 25.8 Å². The van der Waals surface area contributed by atoms with E-state index in [0.717, 1.165) is 31.4 Å². The minimum atomic E-state index is 0.648. The average Bonchev–Trinajstić information content (AvgIpc) is 2.21. The van der Waals surface area contributed by atoms with Gasteiger partial charge < -0.3 is 0 Å². The molecule has 0 unspecified atom stereocenters. The van der Waals surface area contributed by atoms with E-state index in [-0.39, 0.29) is 0 Å². The molecule has 0 spiro atoms. The highest BCUT2D eigenvalue weighted by molar-refractivity contribution is 5.15. The zero-order chi connectivity index (χ0) is 12.8. The minimum absolute atomic E-state index is 0.648. The summed E-state index contributed by atoms with van der Waals surface area (Å²) in [6.07, 6.45) is 6.25. The molecule has 0 N–H and O–H groups in total. The molecule has 0 aromatic carbocycles. The lowest BCUT2D eigenvalue weighted by Crippen LogP contribution is -2.08. The molecule has 1 heterocycles. The van der Waals surface area contributed by atoms with Gasteiger partial charge in [0.1, 0.15) is 0 Å². The Morgan fingerprint density at radius 2 is 1.65 bits per heavy atom. The number of aromatic nitrogens is 2. The first-order valence-electron chi connectivity index (χ1n) is 6.86. The highest BCUT2D eigenvalue weighted by atomic mass is 14.8. The van der Waals surface area contributed by atoms with E-state index in [1.54, 1.807) is 0 Å². The Kier molecular flexibility index (Phi) is 5.60. The minimum Gasteiger partial charge on any atom is -0.257 e. The van der Waals surface area contributed by atoms with Gasteiger partial charge in [0, 0.05) is 6.20 Å². The molecule has 0 saturated heterocycles. The van der Waals surface area contributed by atoms with Crippen molar-refractivity contribution >= 4 is 0 Å².